The van der Waals surface area contributed by atoms with E-state index < -0.39 is 5.82 Å². The summed E-state index contributed by atoms with van der Waals surface area (Å²) in [6, 6.07) is 2.57. The molecule has 0 bridgehead atoms. The summed E-state index contributed by atoms with van der Waals surface area (Å²) in [4.78, 5) is 11.2. The Morgan fingerprint density at radius 2 is 1.85 bits per heavy atom. The minimum Gasteiger partial charge on any atom is -0.294 e. The van der Waals surface area contributed by atoms with Gasteiger partial charge >= 0.3 is 0 Å². The number of carbonyl (C=O) groups is 1. The predicted molar refractivity (Wildman–Crippen MR) is 51.0 cm³/mol. The Bertz CT molecular complexity index is 326. The quantitative estimate of drug-likeness (QED) is 0.549. The van der Waals surface area contributed by atoms with Crippen molar-refractivity contribution in [3.8, 4) is 0 Å². The van der Waals surface area contributed by atoms with Gasteiger partial charge in [0.25, 0.3) is 0 Å². The predicted octanol–water partition coefficient (Wildman–Crippen LogP) is 3.73. The third kappa shape index (κ3) is 2.20. The van der Waals surface area contributed by atoms with Crippen LogP contribution in [0.3, 0.4) is 0 Å². The molecule has 0 radical (unpaired) electrons. The summed E-state index contributed by atoms with van der Waals surface area (Å²) in [6.07, 6.45) is 0.346. The second-order valence-electron chi connectivity index (χ2n) is 2.53. The molecule has 1 aromatic carbocycles. The molecule has 0 amide bonds. The summed E-state index contributed by atoms with van der Waals surface area (Å²) in [6.45, 7) is 1.72. The molecule has 0 aliphatic carbocycles. The average Bonchev–Trinajstić information content (AvgIpc) is 2.12. The van der Waals surface area contributed by atoms with Crippen molar-refractivity contribution >= 4 is 29.0 Å². The van der Waals surface area contributed by atoms with Crippen LogP contribution in [0.1, 0.15) is 23.7 Å². The summed E-state index contributed by atoms with van der Waals surface area (Å²) < 4.78 is 12.9. The van der Waals surface area contributed by atoms with Crippen molar-refractivity contribution in [2.24, 2.45) is 0 Å². The molecule has 0 spiro atoms. The first-order valence-corrected chi connectivity index (χ1v) is 4.49. The standard InChI is InChI=1S/C9H7Cl2FO/c1-2-8(13)5-3-6(10)9(12)7(11)4-5/h3-4H,2H2,1H3. The number of rotatable bonds is 2. The van der Waals surface area contributed by atoms with Gasteiger partial charge in [0.1, 0.15) is 0 Å². The van der Waals surface area contributed by atoms with E-state index in [0.29, 0.717) is 12.0 Å². The average molecular weight is 221 g/mol. The number of halogens is 3. The molecule has 4 heteroatoms. The third-order valence-electron chi connectivity index (χ3n) is 1.63. The third-order valence-corrected chi connectivity index (χ3v) is 2.18. The van der Waals surface area contributed by atoms with Gasteiger partial charge < -0.3 is 0 Å². The van der Waals surface area contributed by atoms with E-state index in [-0.39, 0.29) is 15.8 Å². The van der Waals surface area contributed by atoms with Crippen LogP contribution in [0, 0.1) is 5.82 Å². The monoisotopic (exact) mass is 220 g/mol. The van der Waals surface area contributed by atoms with Gasteiger partial charge in [-0.05, 0) is 12.1 Å². The van der Waals surface area contributed by atoms with E-state index in [2.05, 4.69) is 0 Å². The first-order chi connectivity index (χ1) is 6.06. The van der Waals surface area contributed by atoms with Crippen LogP contribution in [-0.2, 0) is 0 Å². The van der Waals surface area contributed by atoms with E-state index in [1.807, 2.05) is 0 Å². The normalized spacial score (nSPS) is 10.2. The van der Waals surface area contributed by atoms with Crippen molar-refractivity contribution in [1.82, 2.24) is 0 Å². The topological polar surface area (TPSA) is 17.1 Å². The largest absolute Gasteiger partial charge is 0.294 e. The Morgan fingerprint density at radius 1 is 1.38 bits per heavy atom. The molecule has 0 saturated heterocycles. The number of ketones is 1. The van der Waals surface area contributed by atoms with E-state index in [0.717, 1.165) is 0 Å². The van der Waals surface area contributed by atoms with Crippen LogP contribution in [-0.4, -0.2) is 5.78 Å². The van der Waals surface area contributed by atoms with Gasteiger partial charge in [0.2, 0.25) is 0 Å². The van der Waals surface area contributed by atoms with Crippen LogP contribution in [0.15, 0.2) is 12.1 Å². The fraction of sp³-hybridized carbons (Fsp3) is 0.222. The van der Waals surface area contributed by atoms with Crippen molar-refractivity contribution in [3.05, 3.63) is 33.6 Å². The first kappa shape index (κ1) is 10.5. The molecule has 0 unspecified atom stereocenters. The highest BCUT2D eigenvalue weighted by atomic mass is 35.5. The van der Waals surface area contributed by atoms with Crippen LogP contribution in [0.5, 0.6) is 0 Å². The van der Waals surface area contributed by atoms with Gasteiger partial charge in [-0.2, -0.15) is 0 Å². The van der Waals surface area contributed by atoms with Gasteiger partial charge in [0.05, 0.1) is 10.0 Å². The molecule has 13 heavy (non-hydrogen) atoms. The molecule has 0 saturated carbocycles. The molecular weight excluding hydrogens is 214 g/mol. The summed E-state index contributed by atoms with van der Waals surface area (Å²) in [7, 11) is 0. The number of benzene rings is 1. The molecule has 0 atom stereocenters. The Balaban J connectivity index is 3.20. The van der Waals surface area contributed by atoms with Crippen LogP contribution in [0.2, 0.25) is 10.0 Å². The van der Waals surface area contributed by atoms with Crippen molar-refractivity contribution in [2.45, 2.75) is 13.3 Å². The van der Waals surface area contributed by atoms with Gasteiger partial charge in [-0.3, -0.25) is 4.79 Å². The van der Waals surface area contributed by atoms with Crippen LogP contribution in [0.25, 0.3) is 0 Å². The molecule has 0 aliphatic rings. The van der Waals surface area contributed by atoms with Gasteiger partial charge in [0, 0.05) is 12.0 Å². The lowest BCUT2D eigenvalue weighted by Gasteiger charge is -2.01. The fourth-order valence-electron chi connectivity index (χ4n) is 0.921. The Kier molecular flexibility index (Phi) is 3.28. The summed E-state index contributed by atoms with van der Waals surface area (Å²) in [5, 5.41) is -0.242. The summed E-state index contributed by atoms with van der Waals surface area (Å²) >= 11 is 11.0. The van der Waals surface area contributed by atoms with E-state index in [1.165, 1.54) is 12.1 Å². The van der Waals surface area contributed by atoms with Crippen molar-refractivity contribution in [2.75, 3.05) is 0 Å². The van der Waals surface area contributed by atoms with Crippen LogP contribution >= 0.6 is 23.2 Å². The zero-order valence-corrected chi connectivity index (χ0v) is 8.42. The van der Waals surface area contributed by atoms with E-state index in [1.54, 1.807) is 6.92 Å². The maximum absolute atomic E-state index is 12.9. The molecule has 1 rings (SSSR count). The molecule has 1 aromatic rings. The minimum atomic E-state index is -0.684. The number of carbonyl (C=O) groups excluding carboxylic acids is 1. The molecule has 0 fully saturated rings. The highest BCUT2D eigenvalue weighted by Crippen LogP contribution is 2.25. The SMILES string of the molecule is CCC(=O)c1cc(Cl)c(F)c(Cl)c1. The second-order valence-corrected chi connectivity index (χ2v) is 3.35. The van der Waals surface area contributed by atoms with E-state index in [4.69, 9.17) is 23.2 Å². The Morgan fingerprint density at radius 3 is 2.23 bits per heavy atom. The van der Waals surface area contributed by atoms with Gasteiger partial charge in [-0.1, -0.05) is 30.1 Å². The maximum atomic E-state index is 12.9. The Labute approximate surface area is 85.5 Å². The molecule has 0 aliphatic heterocycles. The van der Waals surface area contributed by atoms with Gasteiger partial charge in [0.15, 0.2) is 11.6 Å². The second kappa shape index (κ2) is 4.07. The lowest BCUT2D eigenvalue weighted by molar-refractivity contribution is 0.0988. The smallest absolute Gasteiger partial charge is 0.162 e. The molecule has 0 N–H and O–H groups in total. The Hall–Kier alpha value is -0.600. The van der Waals surface area contributed by atoms with Crippen molar-refractivity contribution in [1.29, 1.82) is 0 Å². The van der Waals surface area contributed by atoms with Crippen LogP contribution < -0.4 is 0 Å². The maximum Gasteiger partial charge on any atom is 0.162 e. The van der Waals surface area contributed by atoms with Crippen molar-refractivity contribution in [3.63, 3.8) is 0 Å². The zero-order chi connectivity index (χ0) is 10.0. The van der Waals surface area contributed by atoms with Crippen molar-refractivity contribution < 1.29 is 9.18 Å². The minimum absolute atomic E-state index is 0.108. The molecule has 0 aromatic heterocycles. The van der Waals surface area contributed by atoms with Crippen LogP contribution in [0.4, 0.5) is 4.39 Å². The lowest BCUT2D eigenvalue weighted by atomic mass is 10.1. The van der Waals surface area contributed by atoms with E-state index >= 15 is 0 Å². The highest BCUT2D eigenvalue weighted by Gasteiger charge is 2.10. The molecule has 70 valence electrons. The summed E-state index contributed by atoms with van der Waals surface area (Å²) in [5.74, 6) is -0.792. The first-order valence-electron chi connectivity index (χ1n) is 3.74. The number of hydrogen-bond donors (Lipinski definition) is 0. The molecular formula is C9H7Cl2FO. The molecule has 0 heterocycles. The number of Topliss-reactive ketones (excluding diaryl/α,β-unsaturated/α-hetero) is 1. The fourth-order valence-corrected chi connectivity index (χ4v) is 1.41. The highest BCUT2D eigenvalue weighted by molar-refractivity contribution is 6.35. The summed E-state index contributed by atoms with van der Waals surface area (Å²) in [5.41, 5.74) is 0.346. The van der Waals surface area contributed by atoms with Gasteiger partial charge in [-0.25, -0.2) is 4.39 Å². The zero-order valence-electron chi connectivity index (χ0n) is 6.90. The van der Waals surface area contributed by atoms with Gasteiger partial charge in [-0.15, -0.1) is 0 Å². The number of hydrogen-bond acceptors (Lipinski definition) is 1. The van der Waals surface area contributed by atoms with E-state index in [9.17, 15) is 9.18 Å². The lowest BCUT2D eigenvalue weighted by Crippen LogP contribution is -1.97. The molecule has 1 nitrogen and oxygen atoms in total.